The highest BCUT2D eigenvalue weighted by Gasteiger charge is 2.31. The molecule has 1 aliphatic rings. The van der Waals surface area contributed by atoms with E-state index in [0.717, 1.165) is 30.1 Å². The van der Waals surface area contributed by atoms with Gasteiger partial charge in [-0.15, -0.1) is 11.3 Å². The van der Waals surface area contributed by atoms with E-state index in [2.05, 4.69) is 4.98 Å². The molecule has 1 fully saturated rings. The van der Waals surface area contributed by atoms with Crippen LogP contribution in [0.3, 0.4) is 0 Å². The normalized spacial score (nSPS) is 15.9. The summed E-state index contributed by atoms with van der Waals surface area (Å²) in [5, 5.41) is 9.95. The average Bonchev–Trinajstić information content (AvgIpc) is 2.87. The number of aromatic carboxylic acids is 1. The number of rotatable bonds is 4. The van der Waals surface area contributed by atoms with Crippen LogP contribution >= 0.6 is 11.3 Å². The fourth-order valence-electron chi connectivity index (χ4n) is 1.50. The number of carboxylic acids is 1. The number of carbonyl (C=O) groups is 1. The van der Waals surface area contributed by atoms with Crippen molar-refractivity contribution >= 4 is 17.3 Å². The average molecular weight is 226 g/mol. The third kappa shape index (κ3) is 2.35. The second kappa shape index (κ2) is 3.90. The summed E-state index contributed by atoms with van der Waals surface area (Å²) < 4.78 is 0. The van der Waals surface area contributed by atoms with Gasteiger partial charge in [-0.2, -0.15) is 0 Å². The maximum atomic E-state index is 11.0. The second-order valence-electron chi connectivity index (χ2n) is 4.14. The molecule has 0 aliphatic heterocycles. The van der Waals surface area contributed by atoms with Gasteiger partial charge >= 0.3 is 5.97 Å². The van der Waals surface area contributed by atoms with E-state index < -0.39 is 5.97 Å². The summed E-state index contributed by atoms with van der Waals surface area (Å²) in [6.07, 6.45) is 2.18. The lowest BCUT2D eigenvalue weighted by molar-refractivity contribution is 0.0700. The minimum atomic E-state index is -0.834. The molecule has 1 N–H and O–H groups in total. The van der Waals surface area contributed by atoms with E-state index in [1.807, 2.05) is 19.0 Å². The lowest BCUT2D eigenvalue weighted by Crippen LogP contribution is -2.10. The Balaban J connectivity index is 2.27. The molecule has 82 valence electrons. The Kier molecular flexibility index (Phi) is 2.75. The van der Waals surface area contributed by atoms with E-state index in [1.54, 1.807) is 0 Å². The van der Waals surface area contributed by atoms with Crippen molar-refractivity contribution in [1.82, 2.24) is 9.88 Å². The highest BCUT2D eigenvalue weighted by atomic mass is 32.1. The van der Waals surface area contributed by atoms with Crippen LogP contribution in [0.2, 0.25) is 0 Å². The molecule has 0 amide bonds. The first-order valence-electron chi connectivity index (χ1n) is 4.95. The highest BCUT2D eigenvalue weighted by molar-refractivity contribution is 7.13. The summed E-state index contributed by atoms with van der Waals surface area (Å²) in [5.41, 5.74) is 0.810. The van der Waals surface area contributed by atoms with E-state index in [4.69, 9.17) is 5.11 Å². The summed E-state index contributed by atoms with van der Waals surface area (Å²) >= 11 is 1.31. The van der Waals surface area contributed by atoms with E-state index in [9.17, 15) is 4.79 Å². The quantitative estimate of drug-likeness (QED) is 0.850. The third-order valence-corrected chi connectivity index (χ3v) is 3.35. The smallest absolute Gasteiger partial charge is 0.347 e. The van der Waals surface area contributed by atoms with Crippen molar-refractivity contribution in [2.75, 3.05) is 14.1 Å². The van der Waals surface area contributed by atoms with Crippen LogP contribution < -0.4 is 0 Å². The molecule has 1 aromatic rings. The van der Waals surface area contributed by atoms with Gasteiger partial charge in [-0.1, -0.05) is 0 Å². The topological polar surface area (TPSA) is 53.4 Å². The van der Waals surface area contributed by atoms with Crippen molar-refractivity contribution in [3.63, 3.8) is 0 Å². The summed E-state index contributed by atoms with van der Waals surface area (Å²) in [6.45, 7) is 0.720. The predicted molar refractivity (Wildman–Crippen MR) is 58.4 cm³/mol. The minimum absolute atomic E-state index is 0.406. The van der Waals surface area contributed by atoms with Crippen LogP contribution in [0, 0.1) is 0 Å². The van der Waals surface area contributed by atoms with Gasteiger partial charge < -0.3 is 10.0 Å². The van der Waals surface area contributed by atoms with Crippen molar-refractivity contribution in [2.24, 2.45) is 0 Å². The highest BCUT2D eigenvalue weighted by Crippen LogP contribution is 2.42. The zero-order chi connectivity index (χ0) is 11.0. The van der Waals surface area contributed by atoms with Gasteiger partial charge in [0.05, 0.1) is 5.69 Å². The van der Waals surface area contributed by atoms with Crippen molar-refractivity contribution in [3.05, 3.63) is 15.6 Å². The van der Waals surface area contributed by atoms with Gasteiger partial charge in [0.1, 0.15) is 9.88 Å². The zero-order valence-electron chi connectivity index (χ0n) is 8.86. The lowest BCUT2D eigenvalue weighted by atomic mass is 10.2. The second-order valence-corrected chi connectivity index (χ2v) is 5.22. The van der Waals surface area contributed by atoms with E-state index >= 15 is 0 Å². The van der Waals surface area contributed by atoms with Crippen LogP contribution in [-0.2, 0) is 6.54 Å². The number of aromatic nitrogens is 1. The molecule has 5 heteroatoms. The van der Waals surface area contributed by atoms with E-state index in [0.29, 0.717) is 10.8 Å². The SMILES string of the molecule is CN(C)Cc1nc(C2CC2)c(C(=O)O)s1. The van der Waals surface area contributed by atoms with Crippen LogP contribution in [0.1, 0.15) is 39.1 Å². The summed E-state index contributed by atoms with van der Waals surface area (Å²) in [6, 6.07) is 0. The molecule has 1 saturated carbocycles. The van der Waals surface area contributed by atoms with Gasteiger partial charge in [-0.25, -0.2) is 9.78 Å². The first-order chi connectivity index (χ1) is 7.08. The van der Waals surface area contributed by atoms with E-state index in [-0.39, 0.29) is 0 Å². The Morgan fingerprint density at radius 1 is 1.60 bits per heavy atom. The first-order valence-corrected chi connectivity index (χ1v) is 5.77. The monoisotopic (exact) mass is 226 g/mol. The number of thiazole rings is 1. The number of carboxylic acid groups (broad SMARTS) is 1. The molecule has 0 radical (unpaired) electrons. The van der Waals surface area contributed by atoms with Gasteiger partial charge in [0.25, 0.3) is 0 Å². The fraction of sp³-hybridized carbons (Fsp3) is 0.600. The van der Waals surface area contributed by atoms with Crippen LogP contribution in [-0.4, -0.2) is 35.1 Å². The van der Waals surface area contributed by atoms with Crippen molar-refractivity contribution < 1.29 is 9.90 Å². The Morgan fingerprint density at radius 2 is 2.27 bits per heavy atom. The van der Waals surface area contributed by atoms with Gasteiger partial charge in [-0.3, -0.25) is 0 Å². The van der Waals surface area contributed by atoms with Crippen LogP contribution in [0.4, 0.5) is 0 Å². The van der Waals surface area contributed by atoms with Gasteiger partial charge in [0.2, 0.25) is 0 Å². The molecule has 0 saturated heterocycles. The molecule has 0 atom stereocenters. The largest absolute Gasteiger partial charge is 0.477 e. The molecule has 0 unspecified atom stereocenters. The molecule has 1 aromatic heterocycles. The molecule has 2 rings (SSSR count). The summed E-state index contributed by atoms with van der Waals surface area (Å²) in [5.74, 6) is -0.428. The van der Waals surface area contributed by atoms with Crippen LogP contribution in [0.15, 0.2) is 0 Å². The van der Waals surface area contributed by atoms with Gasteiger partial charge in [0.15, 0.2) is 0 Å². The van der Waals surface area contributed by atoms with Crippen LogP contribution in [0.25, 0.3) is 0 Å². The molecule has 4 nitrogen and oxygen atoms in total. The Labute approximate surface area is 92.6 Å². The molecule has 1 heterocycles. The first kappa shape index (κ1) is 10.6. The number of hydrogen-bond acceptors (Lipinski definition) is 4. The maximum absolute atomic E-state index is 11.0. The standard InChI is InChI=1S/C10H14N2O2S/c1-12(2)5-7-11-8(6-3-4-6)9(15-7)10(13)14/h6H,3-5H2,1-2H3,(H,13,14). The van der Waals surface area contributed by atoms with Gasteiger partial charge in [0, 0.05) is 12.5 Å². The summed E-state index contributed by atoms with van der Waals surface area (Å²) in [4.78, 5) is 17.9. The van der Waals surface area contributed by atoms with Crippen LogP contribution in [0.5, 0.6) is 0 Å². The van der Waals surface area contributed by atoms with Crippen molar-refractivity contribution in [2.45, 2.75) is 25.3 Å². The molecule has 0 spiro atoms. The third-order valence-electron chi connectivity index (χ3n) is 2.31. The Bertz CT molecular complexity index is 383. The molecule has 0 bridgehead atoms. The molecular weight excluding hydrogens is 212 g/mol. The summed E-state index contributed by atoms with van der Waals surface area (Å²) in [7, 11) is 3.91. The molecular formula is C10H14N2O2S. The molecule has 15 heavy (non-hydrogen) atoms. The Morgan fingerprint density at radius 3 is 2.73 bits per heavy atom. The zero-order valence-corrected chi connectivity index (χ0v) is 9.67. The van der Waals surface area contributed by atoms with Gasteiger partial charge in [-0.05, 0) is 26.9 Å². The number of nitrogens with zero attached hydrogens (tertiary/aromatic N) is 2. The molecule has 0 aromatic carbocycles. The molecule has 1 aliphatic carbocycles. The number of hydrogen-bond donors (Lipinski definition) is 1. The predicted octanol–water partition coefficient (Wildman–Crippen LogP) is 1.78. The fourth-order valence-corrected chi connectivity index (χ4v) is 2.61. The van der Waals surface area contributed by atoms with E-state index in [1.165, 1.54) is 11.3 Å². The maximum Gasteiger partial charge on any atom is 0.347 e. The van der Waals surface area contributed by atoms with Crippen molar-refractivity contribution in [1.29, 1.82) is 0 Å². The Hall–Kier alpha value is -0.940. The minimum Gasteiger partial charge on any atom is -0.477 e. The van der Waals surface area contributed by atoms with Crippen molar-refractivity contribution in [3.8, 4) is 0 Å². The lowest BCUT2D eigenvalue weighted by Gasteiger charge is -2.04.